The minimum Gasteiger partial charge on any atom is -0.481 e. The zero-order valence-electron chi connectivity index (χ0n) is 11.0. The van der Waals surface area contributed by atoms with Gasteiger partial charge in [-0.1, -0.05) is 0 Å². The fourth-order valence-electron chi connectivity index (χ4n) is 2.65. The number of aliphatic hydroxyl groups is 1. The number of hydrogen-bond donors (Lipinski definition) is 4. The molecule has 0 radical (unpaired) electrons. The number of carboxylic acids is 1. The van der Waals surface area contributed by atoms with Crippen LogP contribution in [0.3, 0.4) is 0 Å². The summed E-state index contributed by atoms with van der Waals surface area (Å²) in [5.41, 5.74) is 0. The number of nitrogens with one attached hydrogen (secondary N) is 2. The molecule has 2 heterocycles. The first-order valence-corrected chi connectivity index (χ1v) is 6.50. The second-order valence-corrected chi connectivity index (χ2v) is 5.34. The molecule has 108 valence electrons. The van der Waals surface area contributed by atoms with Crippen LogP contribution in [0.2, 0.25) is 0 Å². The van der Waals surface area contributed by atoms with E-state index in [2.05, 4.69) is 10.6 Å². The van der Waals surface area contributed by atoms with Gasteiger partial charge in [-0.15, -0.1) is 0 Å². The molecule has 2 fully saturated rings. The van der Waals surface area contributed by atoms with Crippen LogP contribution in [0, 0.1) is 11.8 Å². The van der Waals surface area contributed by atoms with Gasteiger partial charge in [0.25, 0.3) is 0 Å². The molecule has 2 aliphatic rings. The summed E-state index contributed by atoms with van der Waals surface area (Å²) in [5, 5.41) is 24.9. The second kappa shape index (κ2) is 5.44. The molecular weight excluding hydrogens is 252 g/mol. The van der Waals surface area contributed by atoms with Crippen molar-refractivity contribution < 1.29 is 24.5 Å². The topological polar surface area (TPSA) is 108 Å². The van der Waals surface area contributed by atoms with Crippen LogP contribution in [-0.2, 0) is 14.3 Å². The number of aliphatic hydroxyl groups excluding tert-OH is 1. The summed E-state index contributed by atoms with van der Waals surface area (Å²) in [4.78, 5) is 23.1. The standard InChI is InChI=1S/C12H20N2O5/c1-5-9(15)7(3-13-5)12(18)19-10-6(2)14-4-8(10)11(16)17/h5-10,13-15H,3-4H2,1-2H3,(H,16,17)/t5-,6+,7+,8-,9-,10+/m1/s1. The molecule has 0 bridgehead atoms. The van der Waals surface area contributed by atoms with Gasteiger partial charge in [-0.2, -0.15) is 0 Å². The Hall–Kier alpha value is -1.18. The van der Waals surface area contributed by atoms with Crippen molar-refractivity contribution in [2.45, 2.75) is 38.1 Å². The lowest BCUT2D eigenvalue weighted by Gasteiger charge is -2.23. The summed E-state index contributed by atoms with van der Waals surface area (Å²) in [6.45, 7) is 4.22. The maximum Gasteiger partial charge on any atom is 0.313 e. The summed E-state index contributed by atoms with van der Waals surface area (Å²) in [6, 6.07) is -0.360. The Bertz CT molecular complexity index is 375. The third kappa shape index (κ3) is 2.72. The van der Waals surface area contributed by atoms with Gasteiger partial charge < -0.3 is 25.6 Å². The summed E-state index contributed by atoms with van der Waals surface area (Å²) < 4.78 is 5.32. The van der Waals surface area contributed by atoms with E-state index < -0.39 is 36.0 Å². The van der Waals surface area contributed by atoms with Crippen LogP contribution in [0.15, 0.2) is 0 Å². The van der Waals surface area contributed by atoms with Crippen molar-refractivity contribution >= 4 is 11.9 Å². The number of esters is 1. The third-order valence-electron chi connectivity index (χ3n) is 4.01. The number of carbonyl (C=O) groups excluding carboxylic acids is 1. The van der Waals surface area contributed by atoms with Gasteiger partial charge >= 0.3 is 11.9 Å². The van der Waals surface area contributed by atoms with E-state index in [1.54, 1.807) is 13.8 Å². The van der Waals surface area contributed by atoms with E-state index in [0.717, 1.165) is 0 Å². The first-order valence-electron chi connectivity index (χ1n) is 6.50. The summed E-state index contributed by atoms with van der Waals surface area (Å²) in [6.07, 6.45) is -1.48. The van der Waals surface area contributed by atoms with Gasteiger partial charge in [0, 0.05) is 25.2 Å². The fourth-order valence-corrected chi connectivity index (χ4v) is 2.65. The monoisotopic (exact) mass is 272 g/mol. The average molecular weight is 272 g/mol. The number of carboxylic acid groups (broad SMARTS) is 1. The Morgan fingerprint density at radius 1 is 1.11 bits per heavy atom. The molecule has 2 aliphatic heterocycles. The van der Waals surface area contributed by atoms with Crippen LogP contribution in [-0.4, -0.2) is 59.5 Å². The molecule has 0 aromatic rings. The summed E-state index contributed by atoms with van der Waals surface area (Å²) in [5.74, 6) is -2.87. The van der Waals surface area contributed by atoms with Crippen molar-refractivity contribution in [1.29, 1.82) is 0 Å². The first-order chi connectivity index (χ1) is 8.91. The van der Waals surface area contributed by atoms with Gasteiger partial charge in [0.1, 0.15) is 12.0 Å². The van der Waals surface area contributed by atoms with Crippen molar-refractivity contribution in [2.75, 3.05) is 13.1 Å². The van der Waals surface area contributed by atoms with Crippen molar-refractivity contribution in [3.8, 4) is 0 Å². The quantitative estimate of drug-likeness (QED) is 0.466. The van der Waals surface area contributed by atoms with Crippen molar-refractivity contribution in [3.05, 3.63) is 0 Å². The lowest BCUT2D eigenvalue weighted by Crippen LogP contribution is -2.40. The Morgan fingerprint density at radius 3 is 2.21 bits per heavy atom. The number of carbonyl (C=O) groups is 2. The van der Waals surface area contributed by atoms with Crippen LogP contribution in [0.1, 0.15) is 13.8 Å². The second-order valence-electron chi connectivity index (χ2n) is 5.34. The van der Waals surface area contributed by atoms with E-state index in [0.29, 0.717) is 6.54 Å². The smallest absolute Gasteiger partial charge is 0.313 e. The number of aliphatic carboxylic acids is 1. The summed E-state index contributed by atoms with van der Waals surface area (Å²) in [7, 11) is 0. The van der Waals surface area contributed by atoms with Gasteiger partial charge in [0.15, 0.2) is 0 Å². The SMILES string of the molecule is C[C@@H]1NC[C@@H](C(=O)O)[C@H]1OC(=O)[C@H]1CN[C@H](C)[C@H]1O. The Balaban J connectivity index is 2.00. The predicted octanol–water partition coefficient (Wildman–Crippen LogP) is -1.44. The minimum atomic E-state index is -0.979. The minimum absolute atomic E-state index is 0.160. The number of ether oxygens (including phenoxy) is 1. The highest BCUT2D eigenvalue weighted by Gasteiger charge is 2.44. The Morgan fingerprint density at radius 2 is 1.68 bits per heavy atom. The van der Waals surface area contributed by atoms with Crippen LogP contribution < -0.4 is 10.6 Å². The maximum atomic E-state index is 12.0. The van der Waals surface area contributed by atoms with Crippen molar-refractivity contribution in [3.63, 3.8) is 0 Å². The van der Waals surface area contributed by atoms with E-state index in [-0.39, 0.29) is 18.6 Å². The molecule has 0 aliphatic carbocycles. The molecule has 2 saturated heterocycles. The van der Waals surface area contributed by atoms with E-state index in [4.69, 9.17) is 9.84 Å². The molecule has 19 heavy (non-hydrogen) atoms. The highest BCUT2D eigenvalue weighted by molar-refractivity contribution is 5.76. The van der Waals surface area contributed by atoms with Gasteiger partial charge in [0.05, 0.1) is 12.0 Å². The van der Waals surface area contributed by atoms with Crippen molar-refractivity contribution in [1.82, 2.24) is 10.6 Å². The molecule has 0 unspecified atom stereocenters. The van der Waals surface area contributed by atoms with E-state index >= 15 is 0 Å². The van der Waals surface area contributed by atoms with Crippen LogP contribution in [0.4, 0.5) is 0 Å². The van der Waals surface area contributed by atoms with E-state index in [9.17, 15) is 14.7 Å². The largest absolute Gasteiger partial charge is 0.481 e. The zero-order chi connectivity index (χ0) is 14.2. The fraction of sp³-hybridized carbons (Fsp3) is 0.833. The van der Waals surface area contributed by atoms with Gasteiger partial charge in [-0.25, -0.2) is 0 Å². The Labute approximate surface area is 111 Å². The molecule has 0 saturated carbocycles. The van der Waals surface area contributed by atoms with Crippen LogP contribution >= 0.6 is 0 Å². The average Bonchev–Trinajstić information content (AvgIpc) is 2.85. The third-order valence-corrected chi connectivity index (χ3v) is 4.01. The molecule has 7 nitrogen and oxygen atoms in total. The van der Waals surface area contributed by atoms with Gasteiger partial charge in [0.2, 0.25) is 0 Å². The molecule has 0 aromatic carbocycles. The van der Waals surface area contributed by atoms with E-state index in [1.807, 2.05) is 0 Å². The molecular formula is C12H20N2O5. The summed E-state index contributed by atoms with van der Waals surface area (Å²) >= 11 is 0. The predicted molar refractivity (Wildman–Crippen MR) is 65.4 cm³/mol. The molecule has 0 aromatic heterocycles. The molecule has 6 atom stereocenters. The highest BCUT2D eigenvalue weighted by Crippen LogP contribution is 2.23. The maximum absolute atomic E-state index is 12.0. The number of hydrogen-bond acceptors (Lipinski definition) is 6. The molecule has 4 N–H and O–H groups in total. The lowest BCUT2D eigenvalue weighted by atomic mass is 10.0. The number of rotatable bonds is 3. The molecule has 2 rings (SSSR count). The normalized spacial score (nSPS) is 42.3. The first kappa shape index (κ1) is 14.2. The van der Waals surface area contributed by atoms with Crippen LogP contribution in [0.5, 0.6) is 0 Å². The molecule has 7 heteroatoms. The van der Waals surface area contributed by atoms with E-state index in [1.165, 1.54) is 0 Å². The molecule has 0 spiro atoms. The highest BCUT2D eigenvalue weighted by atomic mass is 16.5. The van der Waals surface area contributed by atoms with Crippen LogP contribution in [0.25, 0.3) is 0 Å². The molecule has 0 amide bonds. The van der Waals surface area contributed by atoms with Gasteiger partial charge in [-0.3, -0.25) is 9.59 Å². The zero-order valence-corrected chi connectivity index (χ0v) is 11.0. The Kier molecular flexibility index (Phi) is 4.07. The van der Waals surface area contributed by atoms with Gasteiger partial charge in [-0.05, 0) is 13.8 Å². The lowest BCUT2D eigenvalue weighted by molar-refractivity contribution is -0.162. The van der Waals surface area contributed by atoms with Crippen molar-refractivity contribution in [2.24, 2.45) is 11.8 Å².